The molecule has 8 rings (SSSR count). The molecule has 3 aromatic carbocycles. The number of carbonyl (C=O) groups excluding carboxylic acids is 5. The molecule has 0 aliphatic carbocycles. The summed E-state index contributed by atoms with van der Waals surface area (Å²) in [6, 6.07) is 17.4. The molecule has 0 spiro atoms. The highest BCUT2D eigenvalue weighted by molar-refractivity contribution is 5.96. The smallest absolute Gasteiger partial charge is 0.378 e. The molecule has 0 radical (unpaired) electrons. The third-order valence-electron chi connectivity index (χ3n) is 15.0. The van der Waals surface area contributed by atoms with Crippen LogP contribution in [0.25, 0.3) is 33.3 Å². The van der Waals surface area contributed by atoms with Gasteiger partial charge in [-0.2, -0.15) is 0 Å². The maximum Gasteiger partial charge on any atom is 0.378 e. The number of likely N-dealkylation sites (tertiary alicyclic amines) is 2. The largest absolute Gasteiger partial charge is 0.508 e. The number of aromatic nitrogens is 1. The number of benzene rings is 3. The molecule has 1 aromatic heterocycles. The molecule has 5 heterocycles. The second-order valence-electron chi connectivity index (χ2n) is 21.0. The molecule has 0 saturated carbocycles. The molecule has 4 aliphatic heterocycles. The molecule has 0 unspecified atom stereocenters. The number of rotatable bonds is 11. The van der Waals surface area contributed by atoms with E-state index in [9.17, 15) is 29.1 Å². The molecule has 4 amide bonds. The predicted octanol–water partition coefficient (Wildman–Crippen LogP) is 6.63. The highest BCUT2D eigenvalue weighted by atomic mass is 16.5. The van der Waals surface area contributed by atoms with E-state index in [1.54, 1.807) is 24.1 Å². The summed E-state index contributed by atoms with van der Waals surface area (Å²) in [6.45, 7) is 22.9. The fourth-order valence-electron chi connectivity index (χ4n) is 11.4. The second-order valence-corrected chi connectivity index (χ2v) is 21.0. The summed E-state index contributed by atoms with van der Waals surface area (Å²) in [7, 11) is 1.59. The van der Waals surface area contributed by atoms with Crippen molar-refractivity contribution in [2.75, 3.05) is 52.9 Å². The van der Waals surface area contributed by atoms with Crippen molar-refractivity contribution >= 4 is 47.2 Å². The zero-order valence-corrected chi connectivity index (χ0v) is 42.0. The molecule has 4 atom stereocenters. The number of aromatic hydroxyl groups is 1. The Morgan fingerprint density at radius 2 is 1.74 bits per heavy atom. The number of phenolic OH excluding ortho intramolecular Hbond substituents is 1. The van der Waals surface area contributed by atoms with E-state index in [-0.39, 0.29) is 49.6 Å². The number of hydrazone groups is 1. The number of nitrogens with zero attached hydrogens (tertiary/aromatic N) is 6. The molecular weight excluding hydrogens is 883 g/mol. The summed E-state index contributed by atoms with van der Waals surface area (Å²) in [5.74, 6) is -2.85. The number of ether oxygens (including phenoxy) is 1. The first-order valence-electron chi connectivity index (χ1n) is 25.3. The summed E-state index contributed by atoms with van der Waals surface area (Å²) in [4.78, 5) is 75.7. The minimum atomic E-state index is -1.18. The van der Waals surface area contributed by atoms with E-state index in [0.717, 1.165) is 65.9 Å². The van der Waals surface area contributed by atoms with Gasteiger partial charge in [-0.05, 0) is 123 Å². The van der Waals surface area contributed by atoms with Crippen LogP contribution >= 0.6 is 0 Å². The van der Waals surface area contributed by atoms with E-state index in [0.29, 0.717) is 37.8 Å². The van der Waals surface area contributed by atoms with Crippen LogP contribution in [0.1, 0.15) is 83.4 Å². The van der Waals surface area contributed by atoms with Crippen molar-refractivity contribution in [2.45, 2.75) is 111 Å². The fraction of sp³-hybridized carbons (Fsp3) is 0.500. The number of phenols is 1. The molecule has 4 aromatic rings. The number of cyclic esters (lactones) is 1. The van der Waals surface area contributed by atoms with Gasteiger partial charge in [-0.25, -0.2) is 4.79 Å². The first-order chi connectivity index (χ1) is 33.5. The summed E-state index contributed by atoms with van der Waals surface area (Å²) in [5.41, 5.74) is 7.57. The number of nitrogens with one attached hydrogen (secondary N) is 1. The minimum Gasteiger partial charge on any atom is -0.508 e. The van der Waals surface area contributed by atoms with Crippen LogP contribution in [0, 0.1) is 17.3 Å². The molecule has 14 heteroatoms. The monoisotopic (exact) mass is 955 g/mol. The van der Waals surface area contributed by atoms with Crippen LogP contribution in [-0.2, 0) is 54.5 Å². The third kappa shape index (κ3) is 10.4. The van der Waals surface area contributed by atoms with E-state index in [4.69, 9.17) is 4.74 Å². The summed E-state index contributed by atoms with van der Waals surface area (Å²) in [5, 5.41) is 16.9. The Morgan fingerprint density at radius 1 is 0.986 bits per heavy atom. The van der Waals surface area contributed by atoms with Gasteiger partial charge in [0, 0.05) is 67.9 Å². The number of carbonyl (C=O) groups is 5. The number of amides is 4. The van der Waals surface area contributed by atoms with E-state index >= 15 is 0 Å². The van der Waals surface area contributed by atoms with Crippen LogP contribution in [0.3, 0.4) is 0 Å². The first-order valence-corrected chi connectivity index (χ1v) is 25.3. The van der Waals surface area contributed by atoms with Gasteiger partial charge in [0.25, 0.3) is 11.9 Å². The quantitative estimate of drug-likeness (QED) is 0.0969. The van der Waals surface area contributed by atoms with Gasteiger partial charge in [0.15, 0.2) is 6.72 Å². The Hall–Kier alpha value is -6.28. The Bertz CT molecular complexity index is 2680. The van der Waals surface area contributed by atoms with Gasteiger partial charge in [0.2, 0.25) is 17.7 Å². The van der Waals surface area contributed by atoms with Gasteiger partial charge < -0.3 is 34.4 Å². The molecule has 3 saturated heterocycles. The molecule has 14 nitrogen and oxygen atoms in total. The van der Waals surface area contributed by atoms with Crippen LogP contribution < -0.4 is 5.32 Å². The number of hydrogen-bond donors (Lipinski definition) is 2. The predicted molar refractivity (Wildman–Crippen MR) is 272 cm³/mol. The number of esters is 1. The zero-order chi connectivity index (χ0) is 50.0. The SMILES string of the molecule is C=CC(=O)N1CC[C@H](C(=O)N(C)[C@H](C(=O)N[C@H]2Cc3cc(O)cc(c3)-c3ccc4c(c3)c(c(-c3ccccc3CCN3CCCC3)n4CC)CC(C)(C)COC(=O)[C@@H]3CCCN(C2=O)[N+]3=C)C(C)C)C1. The van der Waals surface area contributed by atoms with Crippen LogP contribution in [0.2, 0.25) is 0 Å². The van der Waals surface area contributed by atoms with Crippen LogP contribution in [0.15, 0.2) is 73.3 Å². The van der Waals surface area contributed by atoms with E-state index in [1.165, 1.54) is 44.6 Å². The number of aryl methyl sites for hydroxylation is 1. The summed E-state index contributed by atoms with van der Waals surface area (Å²) < 4.78 is 10.0. The average Bonchev–Trinajstić information content (AvgIpc) is 4.12. The lowest BCUT2D eigenvalue weighted by Crippen LogP contribution is -2.60. The first kappa shape index (κ1) is 50.1. The molecule has 4 aliphatic rings. The summed E-state index contributed by atoms with van der Waals surface area (Å²) in [6.07, 6.45) is 6.60. The van der Waals surface area contributed by atoms with Crippen molar-refractivity contribution in [1.29, 1.82) is 0 Å². The van der Waals surface area contributed by atoms with Gasteiger partial charge in [-0.3, -0.25) is 19.2 Å². The van der Waals surface area contributed by atoms with Crippen molar-refractivity contribution in [1.82, 2.24) is 29.6 Å². The normalized spacial score (nSPS) is 21.4. The van der Waals surface area contributed by atoms with Crippen molar-refractivity contribution in [3.63, 3.8) is 0 Å². The standard InChI is InChI=1S/C56H71N7O7/c1-9-49(65)61-27-22-40(34-61)53(67)58(7)50(36(3)4)52(66)57-46-30-37-28-41(31-42(64)29-37)39-19-20-47-44(32-39)45(33-56(5,6)35-70-55(69)48-18-15-25-63(54(46)68)59(48)8)51(62(47)10-2)43-17-12-11-16-38(43)21-26-60-23-13-14-24-60/h9,11-12,16-17,19-20,28-29,31-32,36,40,46,48,50H,1,8,10,13-15,18,21-27,30,33-35H2,2-7H3,(H-,57,64,66)/p+1/t40-,46-,48-,50-/m0/s1. The van der Waals surface area contributed by atoms with Crippen LogP contribution in [0.5, 0.6) is 5.75 Å². The Balaban J connectivity index is 1.20. The zero-order valence-electron chi connectivity index (χ0n) is 42.0. The number of hydrazine groups is 1. The molecule has 6 bridgehead atoms. The fourth-order valence-corrected chi connectivity index (χ4v) is 11.4. The number of hydrogen-bond acceptors (Lipinski definition) is 8. The lowest BCUT2D eigenvalue weighted by molar-refractivity contribution is -0.693. The average molecular weight is 955 g/mol. The third-order valence-corrected chi connectivity index (χ3v) is 15.0. The highest BCUT2D eigenvalue weighted by Gasteiger charge is 2.45. The van der Waals surface area contributed by atoms with Gasteiger partial charge >= 0.3 is 5.97 Å². The molecular formula is C56H72N7O7+. The van der Waals surface area contributed by atoms with Gasteiger partial charge in [0.05, 0.1) is 24.8 Å². The lowest BCUT2D eigenvalue weighted by atomic mass is 9.83. The number of fused-ring (bicyclic) bond motifs is 6. The van der Waals surface area contributed by atoms with Crippen LogP contribution in [-0.4, -0.2) is 141 Å². The van der Waals surface area contributed by atoms with Crippen molar-refractivity contribution < 1.29 is 38.5 Å². The van der Waals surface area contributed by atoms with E-state index in [2.05, 4.69) is 91.3 Å². The van der Waals surface area contributed by atoms with Crippen molar-refractivity contribution in [3.05, 3.63) is 90.0 Å². The molecule has 372 valence electrons. The van der Waals surface area contributed by atoms with Crippen LogP contribution in [0.4, 0.5) is 0 Å². The maximum atomic E-state index is 15.0. The Labute approximate surface area is 412 Å². The van der Waals surface area contributed by atoms with Gasteiger partial charge in [-0.1, -0.05) is 70.7 Å². The van der Waals surface area contributed by atoms with Crippen molar-refractivity contribution in [3.8, 4) is 28.1 Å². The summed E-state index contributed by atoms with van der Waals surface area (Å²) >= 11 is 0. The topological polar surface area (TPSA) is 148 Å². The Morgan fingerprint density at radius 3 is 2.47 bits per heavy atom. The lowest BCUT2D eigenvalue weighted by Gasteiger charge is -2.34. The van der Waals surface area contributed by atoms with E-state index in [1.807, 2.05) is 19.9 Å². The second kappa shape index (κ2) is 21.0. The molecule has 70 heavy (non-hydrogen) atoms. The minimum absolute atomic E-state index is 0.00475. The molecule has 3 fully saturated rings. The van der Waals surface area contributed by atoms with Gasteiger partial charge in [-0.15, -0.1) is 9.69 Å². The highest BCUT2D eigenvalue weighted by Crippen LogP contribution is 2.42. The maximum absolute atomic E-state index is 15.0. The number of likely N-dealkylation sites (N-methyl/N-ethyl adjacent to an activating group) is 1. The Kier molecular flexibility index (Phi) is 15.0. The molecule has 2 N–H and O–H groups in total. The van der Waals surface area contributed by atoms with E-state index < -0.39 is 47.2 Å². The van der Waals surface area contributed by atoms with Crippen molar-refractivity contribution in [2.24, 2.45) is 17.3 Å². The van der Waals surface area contributed by atoms with Gasteiger partial charge in [0.1, 0.15) is 17.8 Å².